The highest BCUT2D eigenvalue weighted by Crippen LogP contribution is 1.98. The van der Waals surface area contributed by atoms with E-state index in [1.807, 2.05) is 0 Å². The molecule has 0 atom stereocenters. The Balaban J connectivity index is 2.42. The molecular formula is C5H6N4O2S. The van der Waals surface area contributed by atoms with Gasteiger partial charge in [-0.15, -0.1) is 0 Å². The number of aromatic amines is 1. The van der Waals surface area contributed by atoms with Gasteiger partial charge in [-0.3, -0.25) is 10.4 Å². The van der Waals surface area contributed by atoms with E-state index in [2.05, 4.69) is 32.5 Å². The van der Waals surface area contributed by atoms with Gasteiger partial charge in [0.25, 0.3) is 5.17 Å². The molecule has 0 bridgehead atoms. The molecule has 4 N–H and O–H groups in total. The fourth-order valence-corrected chi connectivity index (χ4v) is 0.628. The minimum atomic E-state index is -0.744. The van der Waals surface area contributed by atoms with Gasteiger partial charge in [-0.1, -0.05) is 0 Å². The zero-order valence-electron chi connectivity index (χ0n) is 5.90. The summed E-state index contributed by atoms with van der Waals surface area (Å²) in [5, 5.41) is 8.07. The van der Waals surface area contributed by atoms with Crippen LogP contribution in [0.4, 0.5) is 10.6 Å². The second-order valence-electron chi connectivity index (χ2n) is 1.80. The molecule has 0 spiro atoms. The minimum Gasteiger partial charge on any atom is -0.383 e. The van der Waals surface area contributed by atoms with Crippen LogP contribution in [0.15, 0.2) is 12.3 Å². The first-order chi connectivity index (χ1) is 5.68. The van der Waals surface area contributed by atoms with E-state index >= 15 is 0 Å². The third-order valence-corrected chi connectivity index (χ3v) is 1.01. The van der Waals surface area contributed by atoms with E-state index < -0.39 is 6.09 Å². The second-order valence-corrected chi connectivity index (χ2v) is 2.21. The fraction of sp³-hybridized carbons (Fsp3) is 0. The third kappa shape index (κ3) is 2.54. The molecule has 0 saturated heterocycles. The first-order valence-corrected chi connectivity index (χ1v) is 3.37. The maximum Gasteiger partial charge on any atom is 0.420 e. The summed E-state index contributed by atoms with van der Waals surface area (Å²) in [4.78, 5) is 10.8. The largest absolute Gasteiger partial charge is 0.420 e. The van der Waals surface area contributed by atoms with Crippen LogP contribution in [0.3, 0.4) is 0 Å². The predicted octanol–water partition coefficient (Wildman–Crippen LogP) is 0.202. The molecule has 12 heavy (non-hydrogen) atoms. The fourth-order valence-electron chi connectivity index (χ4n) is 0.552. The van der Waals surface area contributed by atoms with Crippen molar-refractivity contribution in [1.29, 1.82) is 0 Å². The van der Waals surface area contributed by atoms with Crippen LogP contribution in [-0.2, 0) is 4.74 Å². The number of nitrogens with two attached hydrogens (primary N) is 1. The van der Waals surface area contributed by atoms with E-state index in [9.17, 15) is 4.79 Å². The minimum absolute atomic E-state index is 0.327. The lowest BCUT2D eigenvalue weighted by Gasteiger charge is -2.00. The number of amides is 1. The summed E-state index contributed by atoms with van der Waals surface area (Å²) in [5.41, 5.74) is 4.94. The van der Waals surface area contributed by atoms with E-state index in [0.717, 1.165) is 0 Å². The molecule has 0 aliphatic carbocycles. The number of anilines is 1. The molecule has 1 aromatic rings. The molecule has 0 aromatic carbocycles. The Bertz CT molecular complexity index is 284. The van der Waals surface area contributed by atoms with Gasteiger partial charge in [-0.25, -0.2) is 4.79 Å². The number of rotatable bonds is 1. The molecule has 1 rings (SSSR count). The summed E-state index contributed by atoms with van der Waals surface area (Å²) in [6.45, 7) is 0. The van der Waals surface area contributed by atoms with Gasteiger partial charge in [0.2, 0.25) is 0 Å². The Morgan fingerprint density at radius 2 is 2.58 bits per heavy atom. The highest BCUT2D eigenvalue weighted by Gasteiger charge is 2.04. The van der Waals surface area contributed by atoms with Gasteiger partial charge in [0.05, 0.1) is 6.20 Å². The molecule has 0 saturated carbocycles. The first-order valence-electron chi connectivity index (χ1n) is 2.96. The third-order valence-electron chi connectivity index (χ3n) is 0.931. The number of carbonyl (C=O) groups excluding carboxylic acids is 1. The Morgan fingerprint density at radius 1 is 1.83 bits per heavy atom. The zero-order valence-corrected chi connectivity index (χ0v) is 6.72. The summed E-state index contributed by atoms with van der Waals surface area (Å²) in [6, 6.07) is 1.56. The average Bonchev–Trinajstić information content (AvgIpc) is 2.37. The highest BCUT2D eigenvalue weighted by atomic mass is 32.1. The van der Waals surface area contributed by atoms with Crippen molar-refractivity contribution >= 4 is 29.3 Å². The van der Waals surface area contributed by atoms with Gasteiger partial charge in [0, 0.05) is 6.07 Å². The van der Waals surface area contributed by atoms with E-state index in [1.54, 1.807) is 6.07 Å². The van der Waals surface area contributed by atoms with Gasteiger partial charge >= 0.3 is 6.09 Å². The van der Waals surface area contributed by atoms with Crippen LogP contribution in [0.5, 0.6) is 0 Å². The molecule has 1 aromatic heterocycles. The van der Waals surface area contributed by atoms with E-state index in [4.69, 9.17) is 5.73 Å². The Hall–Kier alpha value is -1.63. The van der Waals surface area contributed by atoms with Crippen molar-refractivity contribution in [2.45, 2.75) is 0 Å². The van der Waals surface area contributed by atoms with Gasteiger partial charge in [-0.05, 0) is 12.2 Å². The molecule has 64 valence electrons. The topological polar surface area (TPSA) is 93.0 Å². The smallest absolute Gasteiger partial charge is 0.383 e. The molecule has 0 aliphatic rings. The number of H-pyrrole nitrogens is 1. The van der Waals surface area contributed by atoms with Gasteiger partial charge in [0.1, 0.15) is 5.82 Å². The maximum atomic E-state index is 10.8. The molecule has 0 unspecified atom stereocenters. The summed E-state index contributed by atoms with van der Waals surface area (Å²) in [5.74, 6) is 0.413. The number of aromatic nitrogens is 2. The number of nitrogens with zero attached hydrogens (tertiary/aromatic N) is 1. The van der Waals surface area contributed by atoms with Crippen LogP contribution in [0.2, 0.25) is 0 Å². The predicted molar refractivity (Wildman–Crippen MR) is 45.5 cm³/mol. The lowest BCUT2D eigenvalue weighted by molar-refractivity contribution is 0.213. The number of hydrogen-bond acceptors (Lipinski definition) is 4. The number of nitrogens with one attached hydrogen (secondary N) is 2. The second kappa shape index (κ2) is 3.67. The molecule has 0 aliphatic heterocycles. The monoisotopic (exact) mass is 186 g/mol. The standard InChI is InChI=1S/C5H6N4O2S/c6-4(12)11-5(10)8-3-1-2-7-9-3/h1-2H,(H2,6,12)(H2,7,8,9,10). The van der Waals surface area contributed by atoms with Crippen molar-refractivity contribution in [2.24, 2.45) is 5.73 Å². The van der Waals surface area contributed by atoms with Crippen LogP contribution in [0.25, 0.3) is 0 Å². The number of carbonyl (C=O) groups is 1. The number of thiocarbonyl (C=S) groups is 1. The van der Waals surface area contributed by atoms with E-state index in [0.29, 0.717) is 5.82 Å². The lowest BCUT2D eigenvalue weighted by atomic mass is 10.6. The van der Waals surface area contributed by atoms with Crippen molar-refractivity contribution in [3.05, 3.63) is 12.3 Å². The molecule has 1 heterocycles. The van der Waals surface area contributed by atoms with Gasteiger partial charge in [-0.2, -0.15) is 5.10 Å². The van der Waals surface area contributed by atoms with Gasteiger partial charge < -0.3 is 10.5 Å². The summed E-state index contributed by atoms with van der Waals surface area (Å²) in [6.07, 6.45) is 0.739. The van der Waals surface area contributed by atoms with Crippen molar-refractivity contribution in [3.63, 3.8) is 0 Å². The SMILES string of the molecule is NC(=S)OC(=O)Nc1ccn[nH]1. The van der Waals surface area contributed by atoms with Crippen LogP contribution < -0.4 is 11.1 Å². The molecule has 1 amide bonds. The van der Waals surface area contributed by atoms with Crippen molar-refractivity contribution in [3.8, 4) is 0 Å². The molecule has 6 nitrogen and oxygen atoms in total. The summed E-state index contributed by atoms with van der Waals surface area (Å²) < 4.78 is 4.33. The van der Waals surface area contributed by atoms with Crippen LogP contribution >= 0.6 is 12.2 Å². The Morgan fingerprint density at radius 3 is 3.08 bits per heavy atom. The van der Waals surface area contributed by atoms with Crippen molar-refractivity contribution in [1.82, 2.24) is 10.2 Å². The van der Waals surface area contributed by atoms with Crippen LogP contribution in [0, 0.1) is 0 Å². The van der Waals surface area contributed by atoms with E-state index in [1.165, 1.54) is 6.20 Å². The molecule has 0 fully saturated rings. The summed E-state index contributed by atoms with van der Waals surface area (Å²) in [7, 11) is 0. The van der Waals surface area contributed by atoms with E-state index in [-0.39, 0.29) is 5.17 Å². The molecular weight excluding hydrogens is 180 g/mol. The maximum absolute atomic E-state index is 10.8. The Kier molecular flexibility index (Phi) is 2.59. The number of hydrogen-bond donors (Lipinski definition) is 3. The van der Waals surface area contributed by atoms with Gasteiger partial charge in [0.15, 0.2) is 0 Å². The average molecular weight is 186 g/mol. The zero-order chi connectivity index (χ0) is 8.97. The quantitative estimate of drug-likeness (QED) is 0.545. The van der Waals surface area contributed by atoms with Crippen molar-refractivity contribution < 1.29 is 9.53 Å². The molecule has 0 radical (unpaired) electrons. The first kappa shape index (κ1) is 8.47. The number of ether oxygens (including phenoxy) is 1. The highest BCUT2D eigenvalue weighted by molar-refractivity contribution is 7.80. The molecule has 7 heteroatoms. The van der Waals surface area contributed by atoms with Crippen LogP contribution in [0.1, 0.15) is 0 Å². The van der Waals surface area contributed by atoms with Crippen LogP contribution in [-0.4, -0.2) is 21.5 Å². The normalized spacial score (nSPS) is 9.00. The van der Waals surface area contributed by atoms with Crippen molar-refractivity contribution in [2.75, 3.05) is 5.32 Å². The lowest BCUT2D eigenvalue weighted by Crippen LogP contribution is -2.22. The Labute approximate surface area is 73.1 Å². The summed E-state index contributed by atoms with van der Waals surface area (Å²) >= 11 is 4.34.